The molecule has 0 radical (unpaired) electrons. The Morgan fingerprint density at radius 1 is 0.968 bits per heavy atom. The molecule has 6 heteroatoms. The third kappa shape index (κ3) is 5.09. The lowest BCUT2D eigenvalue weighted by Crippen LogP contribution is -2.39. The van der Waals surface area contributed by atoms with Gasteiger partial charge in [-0.15, -0.1) is 0 Å². The van der Waals surface area contributed by atoms with E-state index in [9.17, 15) is 9.59 Å². The molecule has 0 unspecified atom stereocenters. The third-order valence-corrected chi connectivity index (χ3v) is 5.29. The molecule has 2 aromatic carbocycles. The van der Waals surface area contributed by atoms with E-state index in [0.717, 1.165) is 28.2 Å². The zero-order valence-corrected chi connectivity index (χ0v) is 18.6. The number of benzene rings is 2. The van der Waals surface area contributed by atoms with E-state index in [1.54, 1.807) is 6.21 Å². The standard InChI is InChI=1S/C25H28N4O2/c1-16-11-12-23(17(2)13-16)29-18(3)14-22(20(29)5)15-26-28-25(31)24(30)27-19(4)21-9-7-6-8-10-21/h6-15,19H,1-5H3,(H,27,30)(H,28,31)/b26-15-/t19-/m0/s1. The second kappa shape index (κ2) is 9.43. The molecule has 3 aromatic rings. The minimum absolute atomic E-state index is 0.278. The van der Waals surface area contributed by atoms with Crippen molar-refractivity contribution >= 4 is 18.0 Å². The van der Waals surface area contributed by atoms with Gasteiger partial charge in [0.1, 0.15) is 0 Å². The van der Waals surface area contributed by atoms with Gasteiger partial charge in [-0.25, -0.2) is 5.43 Å². The molecule has 1 atom stereocenters. The van der Waals surface area contributed by atoms with Gasteiger partial charge in [0, 0.05) is 22.6 Å². The minimum Gasteiger partial charge on any atom is -0.341 e. The number of amides is 2. The molecule has 6 nitrogen and oxygen atoms in total. The quantitative estimate of drug-likeness (QED) is 0.374. The maximum atomic E-state index is 12.1. The molecule has 0 saturated heterocycles. The first-order valence-electron chi connectivity index (χ1n) is 10.2. The molecule has 0 aliphatic heterocycles. The van der Waals surface area contributed by atoms with Gasteiger partial charge >= 0.3 is 11.8 Å². The molecule has 2 N–H and O–H groups in total. The number of carbonyl (C=O) groups is 2. The normalized spacial score (nSPS) is 12.0. The van der Waals surface area contributed by atoms with Crippen molar-refractivity contribution in [3.05, 3.63) is 88.2 Å². The van der Waals surface area contributed by atoms with Gasteiger partial charge < -0.3 is 9.88 Å². The van der Waals surface area contributed by atoms with E-state index in [4.69, 9.17) is 0 Å². The van der Waals surface area contributed by atoms with Gasteiger partial charge in [0.2, 0.25) is 0 Å². The second-order valence-electron chi connectivity index (χ2n) is 7.76. The van der Waals surface area contributed by atoms with Gasteiger partial charge in [0.15, 0.2) is 0 Å². The minimum atomic E-state index is -0.804. The van der Waals surface area contributed by atoms with Gasteiger partial charge in [0.25, 0.3) is 0 Å². The molecule has 31 heavy (non-hydrogen) atoms. The highest BCUT2D eigenvalue weighted by atomic mass is 16.2. The van der Waals surface area contributed by atoms with Crippen molar-refractivity contribution in [2.75, 3.05) is 0 Å². The summed E-state index contributed by atoms with van der Waals surface area (Å²) in [6.07, 6.45) is 1.56. The van der Waals surface area contributed by atoms with Crippen LogP contribution >= 0.6 is 0 Å². The number of carbonyl (C=O) groups excluding carboxylic acids is 2. The average Bonchev–Trinajstić information content (AvgIpc) is 3.02. The summed E-state index contributed by atoms with van der Waals surface area (Å²) in [5.74, 6) is -1.53. The fourth-order valence-electron chi connectivity index (χ4n) is 3.64. The first-order valence-corrected chi connectivity index (χ1v) is 10.2. The van der Waals surface area contributed by atoms with E-state index in [2.05, 4.69) is 52.5 Å². The van der Waals surface area contributed by atoms with E-state index >= 15 is 0 Å². The predicted octanol–water partition coefficient (Wildman–Crippen LogP) is 4.04. The topological polar surface area (TPSA) is 75.5 Å². The van der Waals surface area contributed by atoms with Crippen LogP contribution < -0.4 is 10.7 Å². The molecule has 160 valence electrons. The van der Waals surface area contributed by atoms with Crippen LogP contribution in [0.5, 0.6) is 0 Å². The molecular formula is C25H28N4O2. The molecule has 3 rings (SSSR count). The van der Waals surface area contributed by atoms with E-state index in [-0.39, 0.29) is 6.04 Å². The molecule has 0 aliphatic carbocycles. The van der Waals surface area contributed by atoms with Gasteiger partial charge in [0.05, 0.1) is 12.3 Å². The molecular weight excluding hydrogens is 388 g/mol. The van der Waals surface area contributed by atoms with Crippen LogP contribution in [0.4, 0.5) is 0 Å². The Labute approximate surface area is 183 Å². The summed E-state index contributed by atoms with van der Waals surface area (Å²) in [6.45, 7) is 10.0. The Kier molecular flexibility index (Phi) is 6.70. The molecule has 0 spiro atoms. The lowest BCUT2D eigenvalue weighted by Gasteiger charge is -2.13. The van der Waals surface area contributed by atoms with Crippen LogP contribution in [0.1, 0.15) is 46.6 Å². The van der Waals surface area contributed by atoms with Crippen molar-refractivity contribution in [3.8, 4) is 5.69 Å². The number of nitrogens with one attached hydrogen (secondary N) is 2. The van der Waals surface area contributed by atoms with Crippen molar-refractivity contribution < 1.29 is 9.59 Å². The van der Waals surface area contributed by atoms with Gasteiger partial charge in [-0.05, 0) is 57.9 Å². The highest BCUT2D eigenvalue weighted by Crippen LogP contribution is 2.23. The third-order valence-electron chi connectivity index (χ3n) is 5.29. The van der Waals surface area contributed by atoms with E-state index in [1.807, 2.05) is 57.2 Å². The van der Waals surface area contributed by atoms with Crippen molar-refractivity contribution in [1.82, 2.24) is 15.3 Å². The fraction of sp³-hybridized carbons (Fsp3) is 0.240. The summed E-state index contributed by atoms with van der Waals surface area (Å²) in [4.78, 5) is 24.3. The van der Waals surface area contributed by atoms with Gasteiger partial charge in [-0.3, -0.25) is 9.59 Å². The summed E-state index contributed by atoms with van der Waals surface area (Å²) in [5.41, 5.74) is 9.68. The number of hydrogen-bond acceptors (Lipinski definition) is 3. The van der Waals surface area contributed by atoms with Crippen LogP contribution in [0.25, 0.3) is 5.69 Å². The highest BCUT2D eigenvalue weighted by molar-refractivity contribution is 6.35. The van der Waals surface area contributed by atoms with E-state index in [0.29, 0.717) is 0 Å². The fourth-order valence-corrected chi connectivity index (χ4v) is 3.64. The SMILES string of the molecule is Cc1ccc(-n2c(C)cc(/C=N\NC(=O)C(=O)N[C@@H](C)c3ccccc3)c2C)c(C)c1. The van der Waals surface area contributed by atoms with Crippen LogP contribution in [0.15, 0.2) is 59.7 Å². The van der Waals surface area contributed by atoms with Crippen LogP contribution in [0, 0.1) is 27.7 Å². The number of aromatic nitrogens is 1. The summed E-state index contributed by atoms with van der Waals surface area (Å²) in [5, 5.41) is 6.66. The smallest absolute Gasteiger partial charge is 0.329 e. The average molecular weight is 417 g/mol. The Morgan fingerprint density at radius 2 is 1.68 bits per heavy atom. The Balaban J connectivity index is 1.67. The van der Waals surface area contributed by atoms with E-state index < -0.39 is 11.8 Å². The maximum absolute atomic E-state index is 12.1. The number of rotatable bonds is 5. The van der Waals surface area contributed by atoms with Crippen molar-refractivity contribution in [2.45, 2.75) is 40.7 Å². The molecule has 0 saturated carbocycles. The van der Waals surface area contributed by atoms with Crippen LogP contribution in [0.2, 0.25) is 0 Å². The summed E-state index contributed by atoms with van der Waals surface area (Å²) >= 11 is 0. The maximum Gasteiger partial charge on any atom is 0.329 e. The Hall–Kier alpha value is -3.67. The van der Waals surface area contributed by atoms with E-state index in [1.165, 1.54) is 11.1 Å². The summed E-state index contributed by atoms with van der Waals surface area (Å²) in [7, 11) is 0. The first-order chi connectivity index (χ1) is 14.8. The number of hydrogen-bond donors (Lipinski definition) is 2. The Bertz CT molecular complexity index is 1130. The molecule has 0 aliphatic rings. The first kappa shape index (κ1) is 22.0. The molecule has 2 amide bonds. The lowest BCUT2D eigenvalue weighted by atomic mass is 10.1. The van der Waals surface area contributed by atoms with Crippen LogP contribution in [-0.2, 0) is 9.59 Å². The van der Waals surface area contributed by atoms with Crippen molar-refractivity contribution in [2.24, 2.45) is 5.10 Å². The number of aryl methyl sites for hydroxylation is 3. The summed E-state index contributed by atoms with van der Waals surface area (Å²) in [6, 6.07) is 17.5. The molecule has 1 aromatic heterocycles. The van der Waals surface area contributed by atoms with Crippen molar-refractivity contribution in [1.29, 1.82) is 0 Å². The Morgan fingerprint density at radius 3 is 2.35 bits per heavy atom. The molecule has 0 bridgehead atoms. The highest BCUT2D eigenvalue weighted by Gasteiger charge is 2.16. The largest absolute Gasteiger partial charge is 0.341 e. The zero-order chi connectivity index (χ0) is 22.5. The van der Waals surface area contributed by atoms with Gasteiger partial charge in [-0.1, -0.05) is 48.0 Å². The molecule has 0 fully saturated rings. The second-order valence-corrected chi connectivity index (χ2v) is 7.76. The lowest BCUT2D eigenvalue weighted by molar-refractivity contribution is -0.139. The van der Waals surface area contributed by atoms with Gasteiger partial charge in [-0.2, -0.15) is 5.10 Å². The number of hydrazone groups is 1. The predicted molar refractivity (Wildman–Crippen MR) is 123 cm³/mol. The zero-order valence-electron chi connectivity index (χ0n) is 18.6. The van der Waals surface area contributed by atoms with Crippen LogP contribution in [0.3, 0.4) is 0 Å². The monoisotopic (exact) mass is 416 g/mol. The van der Waals surface area contributed by atoms with Crippen molar-refractivity contribution in [3.63, 3.8) is 0 Å². The van der Waals surface area contributed by atoms with Crippen LogP contribution in [-0.4, -0.2) is 22.6 Å². The molecule has 1 heterocycles. The number of nitrogens with zero attached hydrogens (tertiary/aromatic N) is 2. The summed E-state index contributed by atoms with van der Waals surface area (Å²) < 4.78 is 2.16.